The molecule has 1 atom stereocenters. The van der Waals surface area contributed by atoms with Gasteiger partial charge < -0.3 is 14.2 Å². The molecule has 1 unspecified atom stereocenters. The molecule has 0 saturated carbocycles. The van der Waals surface area contributed by atoms with Crippen molar-refractivity contribution in [3.8, 4) is 0 Å². The van der Waals surface area contributed by atoms with Gasteiger partial charge in [-0.25, -0.2) is 0 Å². The molecule has 0 aliphatic rings. The molecular formula is C77H140O6. The average Bonchev–Trinajstić information content (AvgIpc) is 3.48. The van der Waals surface area contributed by atoms with Crippen molar-refractivity contribution in [3.63, 3.8) is 0 Å². The second-order valence-electron chi connectivity index (χ2n) is 24.8. The number of ether oxygens (including phenoxy) is 3. The van der Waals surface area contributed by atoms with Crippen molar-refractivity contribution in [2.24, 2.45) is 0 Å². The summed E-state index contributed by atoms with van der Waals surface area (Å²) in [6.45, 7) is 6.63. The van der Waals surface area contributed by atoms with Crippen LogP contribution in [0, 0.1) is 0 Å². The van der Waals surface area contributed by atoms with E-state index < -0.39 is 6.10 Å². The molecule has 0 spiro atoms. The van der Waals surface area contributed by atoms with Crippen molar-refractivity contribution >= 4 is 17.9 Å². The lowest BCUT2D eigenvalue weighted by Gasteiger charge is -2.18. The third-order valence-electron chi connectivity index (χ3n) is 16.5. The van der Waals surface area contributed by atoms with Crippen LogP contribution in [0.5, 0.6) is 0 Å². The van der Waals surface area contributed by atoms with E-state index in [1.807, 2.05) is 0 Å². The van der Waals surface area contributed by atoms with E-state index >= 15 is 0 Å². The summed E-state index contributed by atoms with van der Waals surface area (Å²) in [5.41, 5.74) is 0. The van der Waals surface area contributed by atoms with Crippen LogP contribution in [-0.4, -0.2) is 37.2 Å². The summed E-state index contributed by atoms with van der Waals surface area (Å²) in [4.78, 5) is 38.4. The van der Waals surface area contributed by atoms with Gasteiger partial charge in [0.15, 0.2) is 6.10 Å². The van der Waals surface area contributed by atoms with Gasteiger partial charge in [-0.15, -0.1) is 0 Å². The number of carbonyl (C=O) groups is 3. The summed E-state index contributed by atoms with van der Waals surface area (Å²) >= 11 is 0. The van der Waals surface area contributed by atoms with Gasteiger partial charge in [0.05, 0.1) is 0 Å². The van der Waals surface area contributed by atoms with Gasteiger partial charge in [0.1, 0.15) is 13.2 Å². The second-order valence-corrected chi connectivity index (χ2v) is 24.8. The van der Waals surface area contributed by atoms with E-state index in [0.717, 1.165) is 77.0 Å². The van der Waals surface area contributed by atoms with E-state index in [9.17, 15) is 14.4 Å². The first-order valence-electron chi connectivity index (χ1n) is 36.8. The number of hydrogen-bond acceptors (Lipinski definition) is 6. The van der Waals surface area contributed by atoms with Gasteiger partial charge in [-0.3, -0.25) is 14.4 Å². The predicted molar refractivity (Wildman–Crippen MR) is 362 cm³/mol. The van der Waals surface area contributed by atoms with Crippen LogP contribution in [0.15, 0.2) is 60.8 Å². The van der Waals surface area contributed by atoms with Crippen LogP contribution in [0.25, 0.3) is 0 Å². The quantitative estimate of drug-likeness (QED) is 0.0261. The highest BCUT2D eigenvalue weighted by molar-refractivity contribution is 5.71. The van der Waals surface area contributed by atoms with Crippen LogP contribution in [-0.2, 0) is 28.6 Å². The summed E-state index contributed by atoms with van der Waals surface area (Å²) in [5.74, 6) is -0.861. The maximum atomic E-state index is 13.0. The van der Waals surface area contributed by atoms with E-state index in [0.29, 0.717) is 19.3 Å². The first-order chi connectivity index (χ1) is 41.0. The first-order valence-corrected chi connectivity index (χ1v) is 36.8. The maximum Gasteiger partial charge on any atom is 0.306 e. The van der Waals surface area contributed by atoms with Gasteiger partial charge in [-0.1, -0.05) is 332 Å². The average molecular weight is 1160 g/mol. The van der Waals surface area contributed by atoms with Crippen LogP contribution >= 0.6 is 0 Å². The lowest BCUT2D eigenvalue weighted by Crippen LogP contribution is -2.30. The number of allylic oxidation sites excluding steroid dienone is 10. The Labute approximate surface area is 517 Å². The Kier molecular flexibility index (Phi) is 69.1. The Morgan fingerprint density at radius 3 is 0.711 bits per heavy atom. The number of esters is 3. The second kappa shape index (κ2) is 71.6. The predicted octanol–water partition coefficient (Wildman–Crippen LogP) is 25.5. The van der Waals surface area contributed by atoms with Crippen LogP contribution in [0.2, 0.25) is 0 Å². The number of unbranched alkanes of at least 4 members (excludes halogenated alkanes) is 47. The number of hydrogen-bond donors (Lipinski definition) is 0. The van der Waals surface area contributed by atoms with Gasteiger partial charge in [0.2, 0.25) is 0 Å². The molecule has 0 aromatic rings. The Hall–Kier alpha value is -2.89. The van der Waals surface area contributed by atoms with E-state index in [2.05, 4.69) is 81.5 Å². The molecule has 0 aliphatic carbocycles. The maximum absolute atomic E-state index is 13.0. The molecule has 0 rings (SSSR count). The highest BCUT2D eigenvalue weighted by Crippen LogP contribution is 2.18. The SMILES string of the molecule is CCCC/C=C\CCCCCCCC(=O)OCC(COC(=O)CCCCCCCCCCCCCCCCCCC/C=C\C/C=C\CCCCCCC)OC(=O)CCCCCCCCCCCCCCC/C=C\C/C=C\CCCCCCC. The molecule has 0 aromatic heterocycles. The highest BCUT2D eigenvalue weighted by Gasteiger charge is 2.19. The monoisotopic (exact) mass is 1160 g/mol. The standard InChI is InChI=1S/C77H140O6/c1-4-7-10-13-16-19-22-24-26-28-30-32-34-36-37-38-39-41-42-44-46-48-50-52-55-58-61-64-67-70-76(79)82-73-74(72-81-75(78)69-66-63-60-57-54-21-18-15-12-9-6-3)83-77(80)71-68-65-62-59-56-53-51-49-47-45-43-40-35-33-31-29-27-25-23-20-17-14-11-8-5-2/h15,18,22-25,28-31,74H,4-14,16-17,19-21,26-27,32-73H2,1-3H3/b18-15-,24-22-,25-23-,30-28-,31-29-. The zero-order valence-corrected chi connectivity index (χ0v) is 55.7. The Morgan fingerprint density at radius 1 is 0.241 bits per heavy atom. The molecule has 0 amide bonds. The Bertz CT molecular complexity index is 1470. The highest BCUT2D eigenvalue weighted by atomic mass is 16.6. The molecule has 6 heteroatoms. The normalized spacial score (nSPS) is 12.4. The molecule has 0 N–H and O–H groups in total. The fourth-order valence-electron chi connectivity index (χ4n) is 10.9. The molecule has 0 fully saturated rings. The Morgan fingerprint density at radius 2 is 0.446 bits per heavy atom. The summed E-state index contributed by atoms with van der Waals surface area (Å²) in [6.07, 6.45) is 92.7. The third kappa shape index (κ3) is 69.8. The van der Waals surface area contributed by atoms with Crippen LogP contribution < -0.4 is 0 Å². The van der Waals surface area contributed by atoms with Crippen molar-refractivity contribution in [2.45, 2.75) is 399 Å². The number of carbonyl (C=O) groups excluding carboxylic acids is 3. The summed E-state index contributed by atoms with van der Waals surface area (Å²) < 4.78 is 17.0. The lowest BCUT2D eigenvalue weighted by molar-refractivity contribution is -0.167. The minimum absolute atomic E-state index is 0.0731. The van der Waals surface area contributed by atoms with E-state index in [1.165, 1.54) is 276 Å². The van der Waals surface area contributed by atoms with E-state index in [-0.39, 0.29) is 31.1 Å². The van der Waals surface area contributed by atoms with Crippen molar-refractivity contribution in [1.29, 1.82) is 0 Å². The van der Waals surface area contributed by atoms with E-state index in [1.54, 1.807) is 0 Å². The topological polar surface area (TPSA) is 78.9 Å². The molecule has 0 heterocycles. The lowest BCUT2D eigenvalue weighted by atomic mass is 10.0. The zero-order chi connectivity index (χ0) is 59.9. The summed E-state index contributed by atoms with van der Waals surface area (Å²) in [5, 5.41) is 0. The van der Waals surface area contributed by atoms with Gasteiger partial charge in [0.25, 0.3) is 0 Å². The molecule has 0 saturated heterocycles. The number of rotatable bonds is 68. The molecule has 0 radical (unpaired) electrons. The van der Waals surface area contributed by atoms with Gasteiger partial charge in [-0.05, 0) is 103 Å². The largest absolute Gasteiger partial charge is 0.462 e. The van der Waals surface area contributed by atoms with Crippen LogP contribution in [0.1, 0.15) is 393 Å². The van der Waals surface area contributed by atoms with Gasteiger partial charge >= 0.3 is 17.9 Å². The smallest absolute Gasteiger partial charge is 0.306 e. The molecule has 0 aromatic carbocycles. The fraction of sp³-hybridized carbons (Fsp3) is 0.831. The van der Waals surface area contributed by atoms with Crippen molar-refractivity contribution < 1.29 is 28.6 Å². The van der Waals surface area contributed by atoms with Crippen molar-refractivity contribution in [1.82, 2.24) is 0 Å². The van der Waals surface area contributed by atoms with Gasteiger partial charge in [-0.2, -0.15) is 0 Å². The van der Waals surface area contributed by atoms with Crippen molar-refractivity contribution in [2.75, 3.05) is 13.2 Å². The molecule has 83 heavy (non-hydrogen) atoms. The van der Waals surface area contributed by atoms with Crippen LogP contribution in [0.3, 0.4) is 0 Å². The zero-order valence-electron chi connectivity index (χ0n) is 55.7. The first kappa shape index (κ1) is 80.1. The minimum atomic E-state index is -0.777. The fourth-order valence-corrected chi connectivity index (χ4v) is 10.9. The van der Waals surface area contributed by atoms with Crippen molar-refractivity contribution in [3.05, 3.63) is 60.8 Å². The molecule has 0 aliphatic heterocycles. The third-order valence-corrected chi connectivity index (χ3v) is 16.5. The van der Waals surface area contributed by atoms with Gasteiger partial charge in [0, 0.05) is 19.3 Å². The summed E-state index contributed by atoms with van der Waals surface area (Å²) in [7, 11) is 0. The minimum Gasteiger partial charge on any atom is -0.462 e. The van der Waals surface area contributed by atoms with E-state index in [4.69, 9.17) is 14.2 Å². The summed E-state index contributed by atoms with van der Waals surface area (Å²) in [6, 6.07) is 0. The molecule has 484 valence electrons. The van der Waals surface area contributed by atoms with Crippen LogP contribution in [0.4, 0.5) is 0 Å². The molecule has 0 bridgehead atoms. The molecule has 6 nitrogen and oxygen atoms in total. The Balaban J connectivity index is 4.16. The molecular weight excluding hydrogens is 1020 g/mol.